The molecule has 1 rings (SSSR count). The minimum Gasteiger partial charge on any atom is -0.383 e. The average Bonchev–Trinajstić information content (AvgIpc) is 2.99. The molecule has 1 heterocycles. The number of hydrogen-bond acceptors (Lipinski definition) is 5. The van der Waals surface area contributed by atoms with E-state index < -0.39 is 5.60 Å². The largest absolute Gasteiger partial charge is 0.383 e. The second-order valence-electron chi connectivity index (χ2n) is 5.76. The fourth-order valence-corrected chi connectivity index (χ4v) is 1.99. The Morgan fingerprint density at radius 1 is 1.36 bits per heavy atom. The summed E-state index contributed by atoms with van der Waals surface area (Å²) in [7, 11) is 3.48. The summed E-state index contributed by atoms with van der Waals surface area (Å²) in [5.74, 6) is 0.679. The van der Waals surface area contributed by atoms with Crippen molar-refractivity contribution >= 4 is 29.9 Å². The molecule has 0 aromatic carbocycles. The maximum Gasteiger partial charge on any atom is 0.191 e. The van der Waals surface area contributed by atoms with Crippen LogP contribution in [0.15, 0.2) is 17.4 Å². The molecule has 0 aliphatic rings. The zero-order chi connectivity index (χ0) is 17.8. The van der Waals surface area contributed by atoms with Crippen molar-refractivity contribution in [1.29, 1.82) is 0 Å². The molecule has 8 nitrogen and oxygen atoms in total. The summed E-state index contributed by atoms with van der Waals surface area (Å²) in [6.07, 6.45) is 4.33. The Bertz CT molecular complexity index is 494. The zero-order valence-corrected chi connectivity index (χ0v) is 17.9. The first-order chi connectivity index (χ1) is 11.5. The Morgan fingerprint density at radius 2 is 2.12 bits per heavy atom. The molecule has 0 fully saturated rings. The molecule has 0 aliphatic heterocycles. The number of ether oxygens (including phenoxy) is 2. The monoisotopic (exact) mass is 469 g/mol. The first-order valence-corrected chi connectivity index (χ1v) is 8.30. The highest BCUT2D eigenvalue weighted by Crippen LogP contribution is 2.19. The van der Waals surface area contributed by atoms with E-state index in [1.807, 2.05) is 14.0 Å². The van der Waals surface area contributed by atoms with Crippen molar-refractivity contribution in [2.75, 3.05) is 46.6 Å². The van der Waals surface area contributed by atoms with Crippen LogP contribution in [0.2, 0.25) is 0 Å². The minimum atomic E-state index is -1.06. The molecule has 9 heteroatoms. The number of halogens is 1. The van der Waals surface area contributed by atoms with Crippen LogP contribution in [0.3, 0.4) is 0 Å². The van der Waals surface area contributed by atoms with E-state index in [0.717, 1.165) is 25.1 Å². The van der Waals surface area contributed by atoms with Gasteiger partial charge in [-0.05, 0) is 20.3 Å². The van der Waals surface area contributed by atoms with E-state index in [4.69, 9.17) is 9.47 Å². The van der Waals surface area contributed by atoms with Crippen LogP contribution in [0.5, 0.6) is 0 Å². The quantitative estimate of drug-likeness (QED) is 0.193. The zero-order valence-electron chi connectivity index (χ0n) is 15.6. The Labute approximate surface area is 167 Å². The highest BCUT2D eigenvalue weighted by atomic mass is 127. The van der Waals surface area contributed by atoms with Crippen molar-refractivity contribution in [1.82, 2.24) is 20.4 Å². The molecule has 0 bridgehead atoms. The second-order valence-corrected chi connectivity index (χ2v) is 5.76. The Morgan fingerprint density at radius 3 is 2.72 bits per heavy atom. The van der Waals surface area contributed by atoms with E-state index in [9.17, 15) is 5.11 Å². The van der Waals surface area contributed by atoms with Crippen molar-refractivity contribution in [3.63, 3.8) is 0 Å². The summed E-state index contributed by atoms with van der Waals surface area (Å²) in [4.78, 5) is 4.46. The average molecular weight is 469 g/mol. The summed E-state index contributed by atoms with van der Waals surface area (Å²) in [5.41, 5.74) is -0.309. The summed E-state index contributed by atoms with van der Waals surface area (Å²) >= 11 is 0. The number of rotatable bonds is 11. The molecule has 0 amide bonds. The van der Waals surface area contributed by atoms with Gasteiger partial charge in [-0.15, -0.1) is 24.0 Å². The molecule has 25 heavy (non-hydrogen) atoms. The second kappa shape index (κ2) is 13.3. The Hall–Kier alpha value is -0.910. The van der Waals surface area contributed by atoms with Crippen molar-refractivity contribution < 1.29 is 14.6 Å². The predicted octanol–water partition coefficient (Wildman–Crippen LogP) is 0.854. The lowest BCUT2D eigenvalue weighted by Crippen LogP contribution is -2.39. The fraction of sp³-hybridized carbons (Fsp3) is 0.750. The summed E-state index contributed by atoms with van der Waals surface area (Å²) in [6, 6.07) is 0. The van der Waals surface area contributed by atoms with E-state index in [0.29, 0.717) is 25.8 Å². The van der Waals surface area contributed by atoms with Crippen LogP contribution < -0.4 is 10.6 Å². The Kier molecular flexibility index (Phi) is 12.8. The standard InChI is InChI=1S/C16H31N5O3.HI/c1-5-17-15(18-7-6-8-24-10-9-23-4)19-13-16(2,22)14-11-20-21(3)12-14;/h11-12,22H,5-10,13H2,1-4H3,(H2,17,18,19);1H. The summed E-state index contributed by atoms with van der Waals surface area (Å²) < 4.78 is 12.0. The van der Waals surface area contributed by atoms with Gasteiger partial charge in [-0.1, -0.05) is 0 Å². The van der Waals surface area contributed by atoms with Crippen LogP contribution in [0.1, 0.15) is 25.8 Å². The lowest BCUT2D eigenvalue weighted by molar-refractivity contribution is 0.0670. The molecule has 0 radical (unpaired) electrons. The third-order valence-corrected chi connectivity index (χ3v) is 3.41. The smallest absolute Gasteiger partial charge is 0.191 e. The molecular weight excluding hydrogens is 437 g/mol. The van der Waals surface area contributed by atoms with E-state index >= 15 is 0 Å². The molecular formula is C16H32IN5O3. The topological polar surface area (TPSA) is 92.9 Å². The third-order valence-electron chi connectivity index (χ3n) is 3.41. The number of nitrogens with one attached hydrogen (secondary N) is 2. The molecule has 1 aromatic rings. The van der Waals surface area contributed by atoms with E-state index in [-0.39, 0.29) is 30.5 Å². The van der Waals surface area contributed by atoms with Crippen LogP contribution in [0, 0.1) is 0 Å². The molecule has 0 saturated carbocycles. The van der Waals surface area contributed by atoms with Gasteiger partial charge in [0.15, 0.2) is 5.96 Å². The number of nitrogens with zero attached hydrogens (tertiary/aromatic N) is 3. The van der Waals surface area contributed by atoms with Gasteiger partial charge >= 0.3 is 0 Å². The van der Waals surface area contributed by atoms with Crippen molar-refractivity contribution in [3.05, 3.63) is 18.0 Å². The van der Waals surface area contributed by atoms with Crippen LogP contribution in [0.4, 0.5) is 0 Å². The summed E-state index contributed by atoms with van der Waals surface area (Å²) in [5, 5.41) is 21.1. The molecule has 146 valence electrons. The normalized spacial score (nSPS) is 13.9. The maximum atomic E-state index is 10.6. The molecule has 3 N–H and O–H groups in total. The molecule has 1 atom stereocenters. The van der Waals surface area contributed by atoms with E-state index in [2.05, 4.69) is 20.7 Å². The number of aliphatic imine (C=N–C) groups is 1. The highest BCUT2D eigenvalue weighted by Gasteiger charge is 2.24. The molecule has 0 saturated heterocycles. The first kappa shape index (κ1) is 24.1. The lowest BCUT2D eigenvalue weighted by atomic mass is 10.0. The van der Waals surface area contributed by atoms with Crippen LogP contribution in [0.25, 0.3) is 0 Å². The first-order valence-electron chi connectivity index (χ1n) is 8.30. The number of aromatic nitrogens is 2. The van der Waals surface area contributed by atoms with E-state index in [1.165, 1.54) is 0 Å². The maximum absolute atomic E-state index is 10.6. The van der Waals surface area contributed by atoms with Crippen molar-refractivity contribution in [3.8, 4) is 0 Å². The number of aryl methyl sites for hydroxylation is 1. The number of methoxy groups -OCH3 is 1. The predicted molar refractivity (Wildman–Crippen MR) is 109 cm³/mol. The van der Waals surface area contributed by atoms with Gasteiger partial charge in [-0.25, -0.2) is 4.99 Å². The third kappa shape index (κ3) is 9.97. The van der Waals surface area contributed by atoms with Crippen molar-refractivity contribution in [2.24, 2.45) is 12.0 Å². The van der Waals surface area contributed by atoms with Crippen molar-refractivity contribution in [2.45, 2.75) is 25.9 Å². The Balaban J connectivity index is 0.00000576. The van der Waals surface area contributed by atoms with Gasteiger partial charge in [-0.2, -0.15) is 5.10 Å². The molecule has 1 aromatic heterocycles. The fourth-order valence-electron chi connectivity index (χ4n) is 1.99. The highest BCUT2D eigenvalue weighted by molar-refractivity contribution is 14.0. The SMILES string of the molecule is CCNC(=NCC(C)(O)c1cnn(C)c1)NCCCOCCOC.I. The van der Waals surface area contributed by atoms with Crippen LogP contribution in [-0.4, -0.2) is 67.4 Å². The van der Waals surface area contributed by atoms with Gasteiger partial charge in [-0.3, -0.25) is 4.68 Å². The minimum absolute atomic E-state index is 0. The van der Waals surface area contributed by atoms with Crippen LogP contribution in [-0.2, 0) is 22.1 Å². The lowest BCUT2D eigenvalue weighted by Gasteiger charge is -2.20. The van der Waals surface area contributed by atoms with Gasteiger partial charge < -0.3 is 25.2 Å². The molecule has 1 unspecified atom stereocenters. The molecule has 0 spiro atoms. The molecule has 0 aliphatic carbocycles. The number of aliphatic hydroxyl groups is 1. The van der Waals surface area contributed by atoms with Gasteiger partial charge in [0.05, 0.1) is 26.0 Å². The van der Waals surface area contributed by atoms with Gasteiger partial charge in [0.2, 0.25) is 0 Å². The van der Waals surface area contributed by atoms with Gasteiger partial charge in [0.1, 0.15) is 5.60 Å². The summed E-state index contributed by atoms with van der Waals surface area (Å²) in [6.45, 7) is 7.38. The van der Waals surface area contributed by atoms with Gasteiger partial charge in [0, 0.05) is 45.6 Å². The number of hydrogen-bond donors (Lipinski definition) is 3. The van der Waals surface area contributed by atoms with E-state index in [1.54, 1.807) is 31.1 Å². The number of guanidine groups is 1. The van der Waals surface area contributed by atoms with Gasteiger partial charge in [0.25, 0.3) is 0 Å². The van der Waals surface area contributed by atoms with Crippen LogP contribution >= 0.6 is 24.0 Å².